The molecule has 0 atom stereocenters. The highest BCUT2D eigenvalue weighted by molar-refractivity contribution is 7.89. The lowest BCUT2D eigenvalue weighted by Gasteiger charge is -2.08. The number of carbonyl (C=O) groups is 1. The molecular weight excluding hydrogens is 254 g/mol. The van der Waals surface area contributed by atoms with Gasteiger partial charge in [0, 0.05) is 12.2 Å². The smallest absolute Gasteiger partial charge is 0.253 e. The number of nitrogens with two attached hydrogens (primary N) is 2. The predicted octanol–water partition coefficient (Wildman–Crippen LogP) is -0.0144. The van der Waals surface area contributed by atoms with Gasteiger partial charge in [-0.2, -0.15) is 0 Å². The van der Waals surface area contributed by atoms with Crippen LogP contribution in [0.15, 0.2) is 18.2 Å². The molecule has 0 aliphatic heterocycles. The second-order valence-corrected chi connectivity index (χ2v) is 5.80. The average molecular weight is 271 g/mol. The molecule has 1 aromatic rings. The van der Waals surface area contributed by atoms with Crippen molar-refractivity contribution in [3.63, 3.8) is 0 Å². The Hall–Kier alpha value is -1.60. The maximum Gasteiger partial charge on any atom is 0.253 e. The molecule has 0 unspecified atom stereocenters. The second-order valence-electron chi connectivity index (χ2n) is 4.07. The minimum absolute atomic E-state index is 0.156. The summed E-state index contributed by atoms with van der Waals surface area (Å²) in [5.41, 5.74) is 7.40. The number of anilines is 1. The van der Waals surface area contributed by atoms with Gasteiger partial charge in [-0.1, -0.05) is 11.6 Å². The molecule has 0 saturated heterocycles. The third-order valence-electron chi connectivity index (χ3n) is 2.34. The van der Waals surface area contributed by atoms with Gasteiger partial charge in [-0.25, -0.2) is 13.6 Å². The van der Waals surface area contributed by atoms with Crippen LogP contribution in [0.4, 0.5) is 5.69 Å². The number of primary sulfonamides is 1. The molecule has 0 aliphatic rings. The molecule has 6 nitrogen and oxygen atoms in total. The van der Waals surface area contributed by atoms with Gasteiger partial charge in [0.2, 0.25) is 10.0 Å². The van der Waals surface area contributed by atoms with Crippen molar-refractivity contribution in [3.05, 3.63) is 29.3 Å². The zero-order valence-electron chi connectivity index (χ0n) is 10.1. The van der Waals surface area contributed by atoms with Crippen molar-refractivity contribution in [2.75, 3.05) is 18.0 Å². The van der Waals surface area contributed by atoms with Crippen molar-refractivity contribution in [2.45, 2.75) is 13.3 Å². The Morgan fingerprint density at radius 3 is 2.67 bits per heavy atom. The van der Waals surface area contributed by atoms with Crippen molar-refractivity contribution in [2.24, 2.45) is 5.14 Å². The molecule has 0 fully saturated rings. The molecule has 1 amide bonds. The lowest BCUT2D eigenvalue weighted by molar-refractivity contribution is 0.0954. The molecule has 0 aliphatic carbocycles. The van der Waals surface area contributed by atoms with Crippen LogP contribution in [-0.4, -0.2) is 26.6 Å². The molecule has 0 bridgehead atoms. The van der Waals surface area contributed by atoms with Crippen LogP contribution in [-0.2, 0) is 10.0 Å². The van der Waals surface area contributed by atoms with Gasteiger partial charge in [0.15, 0.2) is 0 Å². The summed E-state index contributed by atoms with van der Waals surface area (Å²) in [5, 5.41) is 7.45. The third-order valence-corrected chi connectivity index (χ3v) is 3.20. The second kappa shape index (κ2) is 5.83. The van der Waals surface area contributed by atoms with E-state index in [1.54, 1.807) is 12.1 Å². The summed E-state index contributed by atoms with van der Waals surface area (Å²) in [7, 11) is -3.48. The highest BCUT2D eigenvalue weighted by atomic mass is 32.2. The van der Waals surface area contributed by atoms with E-state index in [0.717, 1.165) is 5.56 Å². The van der Waals surface area contributed by atoms with E-state index >= 15 is 0 Å². The maximum absolute atomic E-state index is 11.8. The Kier molecular flexibility index (Phi) is 4.69. The standard InChI is InChI=1S/C11H17N3O3S/c1-8-3-4-10(12)9(7-8)11(15)14-5-2-6-18(13,16)17/h3-4,7H,2,5-6,12H2,1H3,(H,14,15)(H2,13,16,17). The first-order valence-electron chi connectivity index (χ1n) is 5.44. The third kappa shape index (κ3) is 4.72. The zero-order chi connectivity index (χ0) is 13.8. The lowest BCUT2D eigenvalue weighted by atomic mass is 10.1. The first-order valence-corrected chi connectivity index (χ1v) is 7.16. The number of hydrogen-bond acceptors (Lipinski definition) is 4. The molecule has 0 spiro atoms. The Morgan fingerprint density at radius 1 is 1.39 bits per heavy atom. The van der Waals surface area contributed by atoms with Gasteiger partial charge in [0.05, 0.1) is 11.3 Å². The topological polar surface area (TPSA) is 115 Å². The lowest BCUT2D eigenvalue weighted by Crippen LogP contribution is -2.28. The number of sulfonamides is 1. The van der Waals surface area contributed by atoms with Crippen LogP contribution in [0.25, 0.3) is 0 Å². The molecule has 0 saturated carbocycles. The van der Waals surface area contributed by atoms with Gasteiger partial charge >= 0.3 is 0 Å². The summed E-state index contributed by atoms with van der Waals surface area (Å²) < 4.78 is 21.4. The first-order chi connectivity index (χ1) is 8.29. The quantitative estimate of drug-likeness (QED) is 0.515. The highest BCUT2D eigenvalue weighted by Gasteiger charge is 2.09. The normalized spacial score (nSPS) is 11.2. The average Bonchev–Trinajstić information content (AvgIpc) is 2.26. The van der Waals surface area contributed by atoms with Gasteiger partial charge in [0.1, 0.15) is 0 Å². The Balaban J connectivity index is 2.53. The molecule has 1 rings (SSSR count). The minimum atomic E-state index is -3.48. The van der Waals surface area contributed by atoms with E-state index in [1.807, 2.05) is 13.0 Å². The maximum atomic E-state index is 11.8. The van der Waals surface area contributed by atoms with Crippen LogP contribution in [0.2, 0.25) is 0 Å². The van der Waals surface area contributed by atoms with Crippen LogP contribution >= 0.6 is 0 Å². The number of hydrogen-bond donors (Lipinski definition) is 3. The monoisotopic (exact) mass is 271 g/mol. The van der Waals surface area contributed by atoms with Crippen molar-refractivity contribution in [3.8, 4) is 0 Å². The first kappa shape index (κ1) is 14.5. The molecule has 0 aromatic heterocycles. The number of aryl methyl sites for hydroxylation is 1. The summed E-state index contributed by atoms with van der Waals surface area (Å²) in [6, 6.07) is 5.16. The van der Waals surface area contributed by atoms with E-state index in [9.17, 15) is 13.2 Å². The summed E-state index contributed by atoms with van der Waals surface area (Å²) in [6.45, 7) is 2.10. The van der Waals surface area contributed by atoms with Gasteiger partial charge in [-0.3, -0.25) is 4.79 Å². The van der Waals surface area contributed by atoms with Gasteiger partial charge < -0.3 is 11.1 Å². The predicted molar refractivity (Wildman–Crippen MR) is 70.5 cm³/mol. The van der Waals surface area contributed by atoms with E-state index in [-0.39, 0.29) is 24.6 Å². The zero-order valence-corrected chi connectivity index (χ0v) is 11.0. The number of carbonyl (C=O) groups excluding carboxylic acids is 1. The number of benzene rings is 1. The summed E-state index contributed by atoms with van der Waals surface area (Å²) in [6.07, 6.45) is 0.274. The molecule has 0 heterocycles. The van der Waals surface area contributed by atoms with E-state index < -0.39 is 10.0 Å². The molecular formula is C11H17N3O3S. The molecule has 5 N–H and O–H groups in total. The fourth-order valence-corrected chi connectivity index (χ4v) is 1.98. The van der Waals surface area contributed by atoms with Crippen LogP contribution < -0.4 is 16.2 Å². The Morgan fingerprint density at radius 2 is 2.06 bits per heavy atom. The van der Waals surface area contributed by atoms with Crippen LogP contribution in [0.1, 0.15) is 22.3 Å². The fourth-order valence-electron chi connectivity index (χ4n) is 1.44. The molecule has 7 heteroatoms. The minimum Gasteiger partial charge on any atom is -0.398 e. The Labute approximate surface area is 106 Å². The van der Waals surface area contributed by atoms with E-state index in [1.165, 1.54) is 0 Å². The van der Waals surface area contributed by atoms with Crippen molar-refractivity contribution in [1.29, 1.82) is 0 Å². The molecule has 18 heavy (non-hydrogen) atoms. The summed E-state index contributed by atoms with van der Waals surface area (Å²) >= 11 is 0. The number of rotatable bonds is 5. The molecule has 0 radical (unpaired) electrons. The van der Waals surface area contributed by atoms with Gasteiger partial charge in [0.25, 0.3) is 5.91 Å². The fraction of sp³-hybridized carbons (Fsp3) is 0.364. The van der Waals surface area contributed by atoms with Crippen molar-refractivity contribution < 1.29 is 13.2 Å². The highest BCUT2D eigenvalue weighted by Crippen LogP contribution is 2.13. The molecule has 1 aromatic carbocycles. The van der Waals surface area contributed by atoms with Crippen LogP contribution in [0, 0.1) is 6.92 Å². The van der Waals surface area contributed by atoms with Crippen LogP contribution in [0.3, 0.4) is 0 Å². The van der Waals surface area contributed by atoms with Gasteiger partial charge in [-0.15, -0.1) is 0 Å². The SMILES string of the molecule is Cc1ccc(N)c(C(=O)NCCCS(N)(=O)=O)c1. The molecule has 100 valence electrons. The van der Waals surface area contributed by atoms with Crippen molar-refractivity contribution in [1.82, 2.24) is 5.32 Å². The number of nitrogen functional groups attached to an aromatic ring is 1. The Bertz CT molecular complexity index is 540. The van der Waals surface area contributed by atoms with Crippen molar-refractivity contribution >= 4 is 21.6 Å². The van der Waals surface area contributed by atoms with Gasteiger partial charge in [-0.05, 0) is 25.5 Å². The summed E-state index contributed by atoms with van der Waals surface area (Å²) in [4.78, 5) is 11.8. The number of amides is 1. The van der Waals surface area contributed by atoms with E-state index in [4.69, 9.17) is 10.9 Å². The number of nitrogens with one attached hydrogen (secondary N) is 1. The largest absolute Gasteiger partial charge is 0.398 e. The van der Waals surface area contributed by atoms with E-state index in [0.29, 0.717) is 11.3 Å². The summed E-state index contributed by atoms with van der Waals surface area (Å²) in [5.74, 6) is -0.470. The van der Waals surface area contributed by atoms with E-state index in [2.05, 4.69) is 5.32 Å². The van der Waals surface area contributed by atoms with Crippen LogP contribution in [0.5, 0.6) is 0 Å².